The van der Waals surface area contributed by atoms with Crippen LogP contribution in [0.3, 0.4) is 0 Å². The minimum atomic E-state index is -0.473. The summed E-state index contributed by atoms with van der Waals surface area (Å²) in [5, 5.41) is 0.992. The van der Waals surface area contributed by atoms with E-state index in [1.807, 2.05) is 54.6 Å². The number of para-hydroxylation sites is 1. The van der Waals surface area contributed by atoms with Crippen molar-refractivity contribution in [3.05, 3.63) is 88.4 Å². The Labute approximate surface area is 162 Å². The third-order valence-electron chi connectivity index (χ3n) is 3.72. The molecule has 0 spiro atoms. The van der Waals surface area contributed by atoms with Crippen LogP contribution < -0.4 is 4.74 Å². The monoisotopic (exact) mass is 386 g/mol. The van der Waals surface area contributed by atoms with Gasteiger partial charge in [0.1, 0.15) is 12.4 Å². The maximum atomic E-state index is 12.0. The van der Waals surface area contributed by atoms with Crippen LogP contribution in [0.1, 0.15) is 5.56 Å². The first kappa shape index (κ1) is 18.3. The molecular formula is C21H16Cl2O3. The minimum Gasteiger partial charge on any atom is -0.481 e. The predicted molar refractivity (Wildman–Crippen MR) is 104 cm³/mol. The Hall–Kier alpha value is -2.49. The molecule has 3 aromatic carbocycles. The van der Waals surface area contributed by atoms with Gasteiger partial charge in [-0.1, -0.05) is 77.8 Å². The Morgan fingerprint density at radius 3 is 2.38 bits per heavy atom. The molecule has 0 unspecified atom stereocenters. The Balaban J connectivity index is 1.60. The van der Waals surface area contributed by atoms with Gasteiger partial charge >= 0.3 is 5.97 Å². The van der Waals surface area contributed by atoms with Gasteiger partial charge in [0.25, 0.3) is 0 Å². The molecule has 26 heavy (non-hydrogen) atoms. The van der Waals surface area contributed by atoms with Gasteiger partial charge in [0.2, 0.25) is 0 Å². The van der Waals surface area contributed by atoms with E-state index in [-0.39, 0.29) is 13.2 Å². The third kappa shape index (κ3) is 4.78. The van der Waals surface area contributed by atoms with Crippen LogP contribution in [0.25, 0.3) is 11.1 Å². The summed E-state index contributed by atoms with van der Waals surface area (Å²) < 4.78 is 10.9. The molecule has 0 aromatic heterocycles. The fourth-order valence-electron chi connectivity index (χ4n) is 2.42. The lowest BCUT2D eigenvalue weighted by atomic mass is 10.1. The summed E-state index contributed by atoms with van der Waals surface area (Å²) in [5.41, 5.74) is 2.63. The highest BCUT2D eigenvalue weighted by Gasteiger charge is 2.10. The van der Waals surface area contributed by atoms with Crippen molar-refractivity contribution < 1.29 is 14.3 Å². The molecule has 3 aromatic rings. The number of hydrogen-bond donors (Lipinski definition) is 0. The largest absolute Gasteiger partial charge is 0.481 e. The van der Waals surface area contributed by atoms with Crippen LogP contribution in [-0.2, 0) is 16.1 Å². The van der Waals surface area contributed by atoms with Gasteiger partial charge in [0.05, 0.1) is 0 Å². The molecule has 0 saturated heterocycles. The van der Waals surface area contributed by atoms with Gasteiger partial charge in [0, 0.05) is 21.2 Å². The standard InChI is InChI=1S/C21H16Cl2O3/c22-17-11-10-16(19(23)12-17)13-26-21(24)14-25-20-9-5-4-8-18(20)15-6-2-1-3-7-15/h1-12H,13-14H2. The van der Waals surface area contributed by atoms with Gasteiger partial charge in [-0.15, -0.1) is 0 Å². The topological polar surface area (TPSA) is 35.5 Å². The normalized spacial score (nSPS) is 10.4. The number of carbonyl (C=O) groups is 1. The molecule has 0 aliphatic rings. The average Bonchev–Trinajstić information content (AvgIpc) is 2.66. The van der Waals surface area contributed by atoms with Crippen LogP contribution in [0.15, 0.2) is 72.8 Å². The minimum absolute atomic E-state index is 0.0680. The van der Waals surface area contributed by atoms with Crippen molar-refractivity contribution in [1.29, 1.82) is 0 Å². The number of carbonyl (C=O) groups excluding carboxylic acids is 1. The van der Waals surface area contributed by atoms with E-state index in [2.05, 4.69) is 0 Å². The van der Waals surface area contributed by atoms with E-state index in [9.17, 15) is 4.79 Å². The molecule has 0 heterocycles. The van der Waals surface area contributed by atoms with E-state index in [1.54, 1.807) is 18.2 Å². The molecule has 0 fully saturated rings. The second kappa shape index (κ2) is 8.75. The van der Waals surface area contributed by atoms with Crippen molar-refractivity contribution in [2.24, 2.45) is 0 Å². The highest BCUT2D eigenvalue weighted by Crippen LogP contribution is 2.29. The van der Waals surface area contributed by atoms with E-state index in [1.165, 1.54) is 0 Å². The smallest absolute Gasteiger partial charge is 0.344 e. The van der Waals surface area contributed by atoms with Crippen LogP contribution in [0, 0.1) is 0 Å². The maximum absolute atomic E-state index is 12.0. The molecular weight excluding hydrogens is 371 g/mol. The van der Waals surface area contributed by atoms with E-state index in [4.69, 9.17) is 32.7 Å². The second-order valence-corrected chi connectivity index (χ2v) is 6.39. The van der Waals surface area contributed by atoms with Crippen molar-refractivity contribution >= 4 is 29.2 Å². The van der Waals surface area contributed by atoms with Crippen LogP contribution in [-0.4, -0.2) is 12.6 Å². The summed E-state index contributed by atoms with van der Waals surface area (Å²) in [6, 6.07) is 22.4. The third-order valence-corrected chi connectivity index (χ3v) is 4.31. The Kier molecular flexibility index (Phi) is 6.16. The molecule has 0 amide bonds. The van der Waals surface area contributed by atoms with Crippen molar-refractivity contribution in [3.8, 4) is 16.9 Å². The lowest BCUT2D eigenvalue weighted by Gasteiger charge is -2.12. The number of hydrogen-bond acceptors (Lipinski definition) is 3. The molecule has 0 saturated carbocycles. The van der Waals surface area contributed by atoms with Crippen molar-refractivity contribution in [3.63, 3.8) is 0 Å². The number of esters is 1. The van der Waals surface area contributed by atoms with Crippen molar-refractivity contribution in [1.82, 2.24) is 0 Å². The summed E-state index contributed by atoms with van der Waals surface area (Å²) in [7, 11) is 0. The number of rotatable bonds is 6. The van der Waals surface area contributed by atoms with Crippen LogP contribution in [0.5, 0.6) is 5.75 Å². The second-order valence-electron chi connectivity index (χ2n) is 5.55. The SMILES string of the molecule is O=C(COc1ccccc1-c1ccccc1)OCc1ccc(Cl)cc1Cl. The summed E-state index contributed by atoms with van der Waals surface area (Å²) in [5.74, 6) is 0.152. The Morgan fingerprint density at radius 1 is 0.885 bits per heavy atom. The zero-order chi connectivity index (χ0) is 18.4. The summed E-state index contributed by atoms with van der Waals surface area (Å²) >= 11 is 11.9. The van der Waals surface area contributed by atoms with E-state index in [0.717, 1.165) is 11.1 Å². The lowest BCUT2D eigenvalue weighted by molar-refractivity contribution is -0.147. The quantitative estimate of drug-likeness (QED) is 0.503. The molecule has 5 heteroatoms. The molecule has 0 N–H and O–H groups in total. The molecule has 0 aliphatic heterocycles. The Morgan fingerprint density at radius 2 is 1.62 bits per heavy atom. The van der Waals surface area contributed by atoms with Gasteiger partial charge in [-0.25, -0.2) is 4.79 Å². The van der Waals surface area contributed by atoms with Crippen molar-refractivity contribution in [2.45, 2.75) is 6.61 Å². The molecule has 0 radical (unpaired) electrons. The van der Waals surface area contributed by atoms with Gasteiger partial charge < -0.3 is 9.47 Å². The lowest BCUT2D eigenvalue weighted by Crippen LogP contribution is -2.15. The van der Waals surface area contributed by atoms with Crippen LogP contribution >= 0.6 is 23.2 Å². The predicted octanol–water partition coefficient (Wildman–Crippen LogP) is 5.78. The first-order valence-electron chi connectivity index (χ1n) is 8.00. The first-order chi connectivity index (χ1) is 12.6. The zero-order valence-electron chi connectivity index (χ0n) is 13.8. The Bertz CT molecular complexity index is 895. The number of ether oxygens (including phenoxy) is 2. The first-order valence-corrected chi connectivity index (χ1v) is 8.76. The molecule has 3 nitrogen and oxygen atoms in total. The zero-order valence-corrected chi connectivity index (χ0v) is 15.3. The summed E-state index contributed by atoms with van der Waals surface area (Å²) in [6.45, 7) is -0.117. The van der Waals surface area contributed by atoms with Gasteiger partial charge in [-0.05, 0) is 23.8 Å². The molecule has 0 bridgehead atoms. The highest BCUT2D eigenvalue weighted by molar-refractivity contribution is 6.35. The fraction of sp³-hybridized carbons (Fsp3) is 0.0952. The summed E-state index contributed by atoms with van der Waals surface area (Å²) in [4.78, 5) is 12.0. The van der Waals surface area contributed by atoms with Gasteiger partial charge in [-0.3, -0.25) is 0 Å². The molecule has 132 valence electrons. The van der Waals surface area contributed by atoms with E-state index >= 15 is 0 Å². The van der Waals surface area contributed by atoms with E-state index in [0.29, 0.717) is 21.4 Å². The van der Waals surface area contributed by atoms with Gasteiger partial charge in [0.15, 0.2) is 6.61 Å². The maximum Gasteiger partial charge on any atom is 0.344 e. The van der Waals surface area contributed by atoms with Gasteiger partial charge in [-0.2, -0.15) is 0 Å². The number of benzene rings is 3. The van der Waals surface area contributed by atoms with E-state index < -0.39 is 5.97 Å². The molecule has 3 rings (SSSR count). The fourth-order valence-corrected chi connectivity index (χ4v) is 2.89. The summed E-state index contributed by atoms with van der Waals surface area (Å²) in [6.07, 6.45) is 0. The number of halogens is 2. The highest BCUT2D eigenvalue weighted by atomic mass is 35.5. The molecule has 0 aliphatic carbocycles. The van der Waals surface area contributed by atoms with Crippen LogP contribution in [0.4, 0.5) is 0 Å². The van der Waals surface area contributed by atoms with Crippen molar-refractivity contribution in [2.75, 3.05) is 6.61 Å². The average molecular weight is 387 g/mol. The van der Waals surface area contributed by atoms with Crippen LogP contribution in [0.2, 0.25) is 10.0 Å². The molecule has 0 atom stereocenters.